The molecule has 3 aromatic rings. The van der Waals surface area contributed by atoms with E-state index in [2.05, 4.69) is 15.9 Å². The van der Waals surface area contributed by atoms with Crippen LogP contribution in [0.5, 0.6) is 23.0 Å². The Morgan fingerprint density at radius 3 is 2.06 bits per heavy atom. The van der Waals surface area contributed by atoms with E-state index in [0.29, 0.717) is 34.1 Å². The Labute approximate surface area is 194 Å². The van der Waals surface area contributed by atoms with Gasteiger partial charge in [-0.3, -0.25) is 4.79 Å². The number of rotatable bonds is 8. The molecule has 32 heavy (non-hydrogen) atoms. The number of methoxy groups -OCH3 is 3. The first-order chi connectivity index (χ1) is 15.4. The maximum Gasteiger partial charge on any atom is 0.343 e. The van der Waals surface area contributed by atoms with Crippen molar-refractivity contribution in [3.05, 3.63) is 87.9 Å². The fourth-order valence-electron chi connectivity index (χ4n) is 2.93. The lowest BCUT2D eigenvalue weighted by Crippen LogP contribution is -2.09. The van der Waals surface area contributed by atoms with Crippen LogP contribution in [0.25, 0.3) is 6.08 Å². The van der Waals surface area contributed by atoms with Crippen LogP contribution in [0, 0.1) is 0 Å². The summed E-state index contributed by atoms with van der Waals surface area (Å²) in [4.78, 5) is 25.0. The van der Waals surface area contributed by atoms with E-state index in [-0.39, 0.29) is 11.3 Å². The number of benzene rings is 3. The van der Waals surface area contributed by atoms with Crippen molar-refractivity contribution in [2.75, 3.05) is 21.3 Å². The minimum Gasteiger partial charge on any atom is -0.493 e. The number of esters is 1. The van der Waals surface area contributed by atoms with E-state index < -0.39 is 5.97 Å². The summed E-state index contributed by atoms with van der Waals surface area (Å²) in [5.41, 5.74) is 1.53. The topological polar surface area (TPSA) is 71.1 Å². The van der Waals surface area contributed by atoms with Crippen molar-refractivity contribution >= 4 is 33.8 Å². The number of hydrogen-bond acceptors (Lipinski definition) is 6. The lowest BCUT2D eigenvalue weighted by atomic mass is 10.1. The third-order valence-electron chi connectivity index (χ3n) is 4.52. The molecule has 0 N–H and O–H groups in total. The van der Waals surface area contributed by atoms with Crippen LogP contribution in [-0.2, 0) is 0 Å². The molecule has 6 nitrogen and oxygen atoms in total. The van der Waals surface area contributed by atoms with Crippen molar-refractivity contribution in [1.82, 2.24) is 0 Å². The number of allylic oxidation sites excluding steroid dienone is 1. The van der Waals surface area contributed by atoms with Gasteiger partial charge < -0.3 is 18.9 Å². The Hall–Kier alpha value is -3.58. The van der Waals surface area contributed by atoms with E-state index in [1.807, 2.05) is 18.2 Å². The van der Waals surface area contributed by atoms with Gasteiger partial charge in [0.25, 0.3) is 0 Å². The normalized spacial score (nSPS) is 10.6. The van der Waals surface area contributed by atoms with Gasteiger partial charge in [0.2, 0.25) is 5.75 Å². The summed E-state index contributed by atoms with van der Waals surface area (Å²) in [6.45, 7) is 0. The van der Waals surface area contributed by atoms with Gasteiger partial charge in [0, 0.05) is 10.0 Å². The number of hydrogen-bond donors (Lipinski definition) is 0. The van der Waals surface area contributed by atoms with Crippen LogP contribution >= 0.6 is 15.9 Å². The van der Waals surface area contributed by atoms with Gasteiger partial charge in [0.1, 0.15) is 5.75 Å². The molecule has 0 radical (unpaired) electrons. The molecule has 0 aromatic heterocycles. The van der Waals surface area contributed by atoms with Gasteiger partial charge in [-0.2, -0.15) is 0 Å². The van der Waals surface area contributed by atoms with Crippen LogP contribution in [0.1, 0.15) is 26.3 Å². The van der Waals surface area contributed by atoms with Crippen molar-refractivity contribution < 1.29 is 28.5 Å². The monoisotopic (exact) mass is 496 g/mol. The lowest BCUT2D eigenvalue weighted by Gasteiger charge is -2.13. The summed E-state index contributed by atoms with van der Waals surface area (Å²) >= 11 is 3.35. The van der Waals surface area contributed by atoms with Gasteiger partial charge in [-0.1, -0.05) is 34.1 Å². The second kappa shape index (κ2) is 10.6. The van der Waals surface area contributed by atoms with E-state index in [0.717, 1.165) is 4.47 Å². The molecule has 0 spiro atoms. The van der Waals surface area contributed by atoms with Crippen molar-refractivity contribution in [2.45, 2.75) is 0 Å². The molecule has 0 atom stereocenters. The lowest BCUT2D eigenvalue weighted by molar-refractivity contribution is 0.0733. The smallest absolute Gasteiger partial charge is 0.343 e. The molecule has 7 heteroatoms. The quantitative estimate of drug-likeness (QED) is 0.175. The van der Waals surface area contributed by atoms with Gasteiger partial charge in [-0.25, -0.2) is 4.79 Å². The first-order valence-corrected chi connectivity index (χ1v) is 10.3. The summed E-state index contributed by atoms with van der Waals surface area (Å²) in [6, 6.07) is 17.0. The minimum absolute atomic E-state index is 0.127. The molecule has 0 fully saturated rings. The molecule has 3 rings (SSSR count). The summed E-state index contributed by atoms with van der Waals surface area (Å²) in [7, 11) is 4.43. The fourth-order valence-corrected chi connectivity index (χ4v) is 3.19. The number of carbonyl (C=O) groups is 2. The van der Waals surface area contributed by atoms with Gasteiger partial charge in [0.15, 0.2) is 17.3 Å². The molecule has 0 aliphatic rings. The molecule has 0 bridgehead atoms. The molecule has 0 aliphatic heterocycles. The third-order valence-corrected chi connectivity index (χ3v) is 5.05. The summed E-state index contributed by atoms with van der Waals surface area (Å²) in [6.07, 6.45) is 3.14. The second-order valence-corrected chi connectivity index (χ2v) is 7.50. The van der Waals surface area contributed by atoms with Crippen LogP contribution in [0.4, 0.5) is 0 Å². The van der Waals surface area contributed by atoms with Crippen LogP contribution in [0.2, 0.25) is 0 Å². The Bertz CT molecular complexity index is 1130. The predicted molar refractivity (Wildman–Crippen MR) is 125 cm³/mol. The number of halogens is 1. The minimum atomic E-state index is -0.587. The summed E-state index contributed by atoms with van der Waals surface area (Å²) in [5, 5.41) is 0. The Morgan fingerprint density at radius 1 is 0.812 bits per heavy atom. The first-order valence-electron chi connectivity index (χ1n) is 9.55. The number of ketones is 1. The molecule has 0 unspecified atom stereocenters. The van der Waals surface area contributed by atoms with Gasteiger partial charge >= 0.3 is 5.97 Å². The zero-order valence-electron chi connectivity index (χ0n) is 17.8. The number of ether oxygens (including phenoxy) is 4. The van der Waals surface area contributed by atoms with E-state index in [1.54, 1.807) is 36.4 Å². The SMILES string of the molecule is COc1cc(C(=O)Oc2cccc(/C=C/C(=O)c3ccc(Br)cc3)c2)cc(OC)c1OC. The van der Waals surface area contributed by atoms with E-state index >= 15 is 0 Å². The van der Waals surface area contributed by atoms with Crippen molar-refractivity contribution in [3.63, 3.8) is 0 Å². The average molecular weight is 497 g/mol. The second-order valence-electron chi connectivity index (χ2n) is 6.58. The van der Waals surface area contributed by atoms with Crippen LogP contribution in [0.3, 0.4) is 0 Å². The summed E-state index contributed by atoms with van der Waals surface area (Å²) < 4.78 is 22.2. The zero-order chi connectivity index (χ0) is 23.1. The van der Waals surface area contributed by atoms with Crippen molar-refractivity contribution in [1.29, 1.82) is 0 Å². The predicted octanol–water partition coefficient (Wildman–Crippen LogP) is 5.59. The largest absolute Gasteiger partial charge is 0.493 e. The Kier molecular flexibility index (Phi) is 7.68. The standard InChI is InChI=1S/C25H21BrO6/c1-29-22-14-18(15-23(30-2)24(22)31-3)25(28)32-20-6-4-5-16(13-20)7-12-21(27)17-8-10-19(26)11-9-17/h4-15H,1-3H3/b12-7+. The molecule has 0 saturated heterocycles. The third kappa shape index (κ3) is 5.56. The van der Waals surface area contributed by atoms with Gasteiger partial charge in [-0.15, -0.1) is 0 Å². The van der Waals surface area contributed by atoms with E-state index in [1.165, 1.54) is 39.5 Å². The average Bonchev–Trinajstić information content (AvgIpc) is 2.82. The molecular weight excluding hydrogens is 476 g/mol. The zero-order valence-corrected chi connectivity index (χ0v) is 19.3. The highest BCUT2D eigenvalue weighted by Gasteiger charge is 2.18. The molecule has 0 heterocycles. The highest BCUT2D eigenvalue weighted by molar-refractivity contribution is 9.10. The van der Waals surface area contributed by atoms with Crippen molar-refractivity contribution in [3.8, 4) is 23.0 Å². The fraction of sp³-hybridized carbons (Fsp3) is 0.120. The summed E-state index contributed by atoms with van der Waals surface area (Å²) in [5.74, 6) is 0.702. The molecule has 0 aliphatic carbocycles. The Balaban J connectivity index is 1.76. The maximum absolute atomic E-state index is 12.7. The van der Waals surface area contributed by atoms with E-state index in [9.17, 15) is 9.59 Å². The van der Waals surface area contributed by atoms with Gasteiger partial charge in [-0.05, 0) is 60.2 Å². The van der Waals surface area contributed by atoms with Crippen molar-refractivity contribution in [2.24, 2.45) is 0 Å². The molecule has 164 valence electrons. The number of carbonyl (C=O) groups excluding carboxylic acids is 2. The van der Waals surface area contributed by atoms with E-state index in [4.69, 9.17) is 18.9 Å². The molecule has 3 aromatic carbocycles. The maximum atomic E-state index is 12.7. The van der Waals surface area contributed by atoms with Crippen LogP contribution in [-0.4, -0.2) is 33.1 Å². The first kappa shape index (κ1) is 23.1. The molecule has 0 saturated carbocycles. The van der Waals surface area contributed by atoms with Gasteiger partial charge in [0.05, 0.1) is 26.9 Å². The highest BCUT2D eigenvalue weighted by Crippen LogP contribution is 2.38. The van der Waals surface area contributed by atoms with Crippen LogP contribution < -0.4 is 18.9 Å². The molecular formula is C25H21BrO6. The Morgan fingerprint density at radius 2 is 1.47 bits per heavy atom. The molecule has 0 amide bonds. The van der Waals surface area contributed by atoms with Crippen LogP contribution in [0.15, 0.2) is 71.2 Å². The highest BCUT2D eigenvalue weighted by atomic mass is 79.9.